The molecule has 7 aromatic rings. The summed E-state index contributed by atoms with van der Waals surface area (Å²) in [7, 11) is 1.58. The van der Waals surface area contributed by atoms with E-state index in [1.807, 2.05) is 84.1 Å². The molecule has 85 heavy (non-hydrogen) atoms. The van der Waals surface area contributed by atoms with Crippen molar-refractivity contribution in [1.29, 1.82) is 5.26 Å². The fourth-order valence-corrected chi connectivity index (χ4v) is 7.88. The topological polar surface area (TPSA) is 58.8 Å². The van der Waals surface area contributed by atoms with Crippen molar-refractivity contribution in [3.63, 3.8) is 0 Å². The zero-order valence-corrected chi connectivity index (χ0v) is 55.7. The Hall–Kier alpha value is -6.22. The molecule has 5 aromatic carbocycles. The van der Waals surface area contributed by atoms with E-state index >= 15 is 0 Å². The molecule has 0 N–H and O–H groups in total. The average molecular weight is 1220 g/mol. The van der Waals surface area contributed by atoms with E-state index in [-0.39, 0.29) is 28.9 Å². The third kappa shape index (κ3) is 26.9. The second-order valence-corrected chi connectivity index (χ2v) is 24.1. The summed E-state index contributed by atoms with van der Waals surface area (Å²) in [6.45, 7) is 41.7. The summed E-state index contributed by atoms with van der Waals surface area (Å²) < 4.78 is 92.9. The molecule has 4 nitrogen and oxygen atoms in total. The number of hydrogen-bond acceptors (Lipinski definition) is 4. The number of aromatic nitrogens is 2. The van der Waals surface area contributed by atoms with Crippen LogP contribution in [0.25, 0.3) is 0 Å². The number of nitrogens with zero attached hydrogens (tertiary/aromatic N) is 3. The van der Waals surface area contributed by atoms with Crippen molar-refractivity contribution in [2.75, 3.05) is 7.11 Å². The Kier molecular flexibility index (Phi) is 32.6. The van der Waals surface area contributed by atoms with Crippen LogP contribution >= 0.6 is 23.2 Å². The summed E-state index contributed by atoms with van der Waals surface area (Å²) in [5.74, 6) is 3.32. The Morgan fingerprint density at radius 3 is 1.15 bits per heavy atom. The lowest BCUT2D eigenvalue weighted by molar-refractivity contribution is -0.139. The van der Waals surface area contributed by atoms with Gasteiger partial charge in [0.1, 0.15) is 17.6 Å². The molecular weight excluding hydrogens is 1130 g/mol. The molecule has 0 aliphatic rings. The Balaban J connectivity index is 0.000000497. The van der Waals surface area contributed by atoms with Crippen molar-refractivity contribution in [2.24, 2.45) is 0 Å². The zero-order chi connectivity index (χ0) is 65.4. The highest BCUT2D eigenvalue weighted by molar-refractivity contribution is 6.31. The molecular formula is C72H92Cl2F7N3O. The molecule has 2 heterocycles. The van der Waals surface area contributed by atoms with Gasteiger partial charge in [-0.05, 0) is 199 Å². The van der Waals surface area contributed by atoms with E-state index in [2.05, 4.69) is 129 Å². The predicted octanol–water partition coefficient (Wildman–Crippen LogP) is 24.0. The number of pyridine rings is 2. The molecule has 0 radical (unpaired) electrons. The van der Waals surface area contributed by atoms with Crippen LogP contribution in [0.15, 0.2) is 116 Å². The Morgan fingerprint density at radius 2 is 0.753 bits per heavy atom. The summed E-state index contributed by atoms with van der Waals surface area (Å²) in [6.07, 6.45) is -5.17. The van der Waals surface area contributed by atoms with E-state index in [0.29, 0.717) is 46.5 Å². The smallest absolute Gasteiger partial charge is 0.418 e. The number of benzene rings is 5. The van der Waals surface area contributed by atoms with Gasteiger partial charge < -0.3 is 4.74 Å². The monoisotopic (exact) mass is 1220 g/mol. The molecule has 13 heteroatoms. The van der Waals surface area contributed by atoms with E-state index in [0.717, 1.165) is 38.0 Å². The van der Waals surface area contributed by atoms with Gasteiger partial charge in [0.15, 0.2) is 0 Å². The van der Waals surface area contributed by atoms with Crippen LogP contribution in [0.5, 0.6) is 5.75 Å². The molecule has 0 fully saturated rings. The largest absolute Gasteiger partial charge is 0.495 e. The number of halogens is 9. The number of aryl methyl sites for hydroxylation is 7. The number of nitriles is 1. The number of rotatable bonds is 8. The highest BCUT2D eigenvalue weighted by Crippen LogP contribution is 2.35. The van der Waals surface area contributed by atoms with Gasteiger partial charge in [0.05, 0.1) is 34.5 Å². The van der Waals surface area contributed by atoms with Crippen molar-refractivity contribution in [1.82, 2.24) is 9.97 Å². The summed E-state index contributed by atoms with van der Waals surface area (Å²) in [6, 6.07) is 33.8. The second kappa shape index (κ2) is 36.0. The van der Waals surface area contributed by atoms with E-state index in [1.54, 1.807) is 32.2 Å². The minimum atomic E-state index is -4.30. The van der Waals surface area contributed by atoms with E-state index in [1.165, 1.54) is 71.6 Å². The Morgan fingerprint density at radius 1 is 0.400 bits per heavy atom. The van der Waals surface area contributed by atoms with Gasteiger partial charge in [-0.3, -0.25) is 9.97 Å². The predicted molar refractivity (Wildman–Crippen MR) is 344 cm³/mol. The van der Waals surface area contributed by atoms with Crippen molar-refractivity contribution >= 4 is 23.2 Å². The minimum absolute atomic E-state index is 0.0295. The molecule has 0 spiro atoms. The maximum Gasteiger partial charge on any atom is 0.418 e. The Bertz CT molecular complexity index is 2920. The van der Waals surface area contributed by atoms with E-state index in [9.17, 15) is 30.7 Å². The maximum absolute atomic E-state index is 12.9. The lowest BCUT2D eigenvalue weighted by Crippen LogP contribution is -2.10. The fraction of sp³-hybridized carbons (Fsp3) is 0.431. The summed E-state index contributed by atoms with van der Waals surface area (Å²) in [5.41, 5.74) is 12.8. The van der Waals surface area contributed by atoms with E-state index < -0.39 is 23.5 Å². The first-order valence-corrected chi connectivity index (χ1v) is 29.5. The standard InChI is InChI=1S/C11H13F3.C11H13NO.C11H16.C10H13Cl.C10H12F3N.C10H13F.C9H12ClN/c1-7(2)9-5-4-8(3)10(6-9)11(12,13)14;1-8(2)9-4-5-10(7-12)11(6-9)13-3;1-8(2)11-6-5-9(3)10(4)7-11;1-7(2)9-5-4-8(3)10(11)6-9;1-6(2)8-4-9(10(11,12)13)7(3)14-5-8;1-7(2)9-5-4-8(3)10(11)6-9;1-6(2)8-4-9(10)7(3)11-5-8/h4-7H,1-3H3;4-6,8H,1-3H3;5-8H,1-4H3;4-7H,1-3H3;4-6H,1-3H3;4-7H,1-3H3;4-6H,1-3H3. The van der Waals surface area contributed by atoms with Crippen molar-refractivity contribution in [3.8, 4) is 11.8 Å². The van der Waals surface area contributed by atoms with Crippen LogP contribution in [0.2, 0.25) is 10.0 Å². The van der Waals surface area contributed by atoms with Crippen LogP contribution in [-0.4, -0.2) is 17.1 Å². The number of alkyl halides is 6. The van der Waals surface area contributed by atoms with E-state index in [4.69, 9.17) is 33.2 Å². The van der Waals surface area contributed by atoms with Crippen LogP contribution in [0.1, 0.15) is 233 Å². The highest BCUT2D eigenvalue weighted by Gasteiger charge is 2.34. The lowest BCUT2D eigenvalue weighted by Gasteiger charge is -2.13. The summed E-state index contributed by atoms with van der Waals surface area (Å²) in [4.78, 5) is 7.91. The maximum atomic E-state index is 12.9. The van der Waals surface area contributed by atoms with Crippen molar-refractivity contribution in [3.05, 3.63) is 226 Å². The molecule has 0 amide bonds. The average Bonchev–Trinajstić information content (AvgIpc) is 3.55. The van der Waals surface area contributed by atoms with Crippen LogP contribution in [0, 0.1) is 65.6 Å². The van der Waals surface area contributed by atoms with Crippen LogP contribution in [-0.2, 0) is 12.4 Å². The van der Waals surface area contributed by atoms with Gasteiger partial charge in [0.25, 0.3) is 0 Å². The van der Waals surface area contributed by atoms with Crippen molar-refractivity contribution in [2.45, 2.75) is 199 Å². The molecule has 0 atom stereocenters. The van der Waals surface area contributed by atoms with Gasteiger partial charge in [-0.25, -0.2) is 4.39 Å². The molecule has 0 aliphatic heterocycles. The quantitative estimate of drug-likeness (QED) is 0.142. The van der Waals surface area contributed by atoms with Gasteiger partial charge in [0, 0.05) is 23.1 Å². The highest BCUT2D eigenvalue weighted by atomic mass is 35.5. The fourth-order valence-electron chi connectivity index (χ4n) is 7.51. The molecule has 0 bridgehead atoms. The van der Waals surface area contributed by atoms with Crippen molar-refractivity contribution < 1.29 is 35.5 Å². The van der Waals surface area contributed by atoms with Gasteiger partial charge in [0.2, 0.25) is 0 Å². The third-order valence-electron chi connectivity index (χ3n) is 14.0. The molecule has 464 valence electrons. The molecule has 0 aliphatic carbocycles. The Labute approximate surface area is 515 Å². The molecule has 2 aromatic heterocycles. The molecule has 0 unspecified atom stereocenters. The first-order valence-electron chi connectivity index (χ1n) is 28.8. The summed E-state index contributed by atoms with van der Waals surface area (Å²) in [5, 5.41) is 10.4. The first-order chi connectivity index (χ1) is 39.3. The number of hydrogen-bond donors (Lipinski definition) is 0. The minimum Gasteiger partial charge on any atom is -0.495 e. The molecule has 7 rings (SSSR count). The van der Waals surface area contributed by atoms with Gasteiger partial charge in [-0.15, -0.1) is 0 Å². The second-order valence-electron chi connectivity index (χ2n) is 23.3. The van der Waals surface area contributed by atoms with Crippen LogP contribution in [0.4, 0.5) is 30.7 Å². The number of ether oxygens (including phenoxy) is 1. The number of methoxy groups -OCH3 is 1. The molecule has 0 saturated heterocycles. The summed E-state index contributed by atoms with van der Waals surface area (Å²) >= 11 is 11.9. The van der Waals surface area contributed by atoms with Crippen LogP contribution < -0.4 is 4.74 Å². The van der Waals surface area contributed by atoms with Gasteiger partial charge in [-0.1, -0.05) is 181 Å². The zero-order valence-electron chi connectivity index (χ0n) is 54.2. The van der Waals surface area contributed by atoms with Crippen LogP contribution in [0.3, 0.4) is 0 Å². The van der Waals surface area contributed by atoms with Gasteiger partial charge >= 0.3 is 12.4 Å². The first kappa shape index (κ1) is 76.8. The lowest BCUT2D eigenvalue weighted by atomic mass is 9.98. The van der Waals surface area contributed by atoms with Gasteiger partial charge in [-0.2, -0.15) is 31.6 Å². The third-order valence-corrected chi connectivity index (χ3v) is 14.8. The molecule has 0 saturated carbocycles. The SMILES string of the molecule is COc1cc(C(C)C)ccc1C#N.Cc1ccc(C(C)C)cc1C.Cc1ccc(C(C)C)cc1C(F)(F)F.Cc1ccc(C(C)C)cc1Cl.Cc1ccc(C(C)C)cc1F.Cc1ncc(C(C)C)cc1C(F)(F)F.Cc1ncc(C(C)C)cc1Cl. The normalized spacial score (nSPS) is 11.0.